The number of benzene rings is 1. The van der Waals surface area contributed by atoms with E-state index < -0.39 is 17.5 Å². The average molecular weight is 335 g/mol. The number of rotatable bonds is 7. The molecule has 1 saturated carbocycles. The molecule has 0 radical (unpaired) electrons. The summed E-state index contributed by atoms with van der Waals surface area (Å²) < 4.78 is 5.02. The second kappa shape index (κ2) is 7.29. The molecule has 1 aromatic rings. The van der Waals surface area contributed by atoms with E-state index in [4.69, 9.17) is 4.74 Å². The van der Waals surface area contributed by atoms with Crippen molar-refractivity contribution in [1.29, 1.82) is 0 Å². The molecule has 1 aliphatic rings. The van der Waals surface area contributed by atoms with Crippen molar-refractivity contribution in [3.8, 4) is 0 Å². The first-order valence-corrected chi connectivity index (χ1v) is 7.72. The molecule has 8 heteroatoms. The molecule has 0 unspecified atom stereocenters. The van der Waals surface area contributed by atoms with Crippen LogP contribution in [0, 0.1) is 16.0 Å². The largest absolute Gasteiger partial charge is 0.452 e. The maximum atomic E-state index is 12.2. The van der Waals surface area contributed by atoms with Crippen LogP contribution in [0.15, 0.2) is 18.2 Å². The maximum absolute atomic E-state index is 12.2. The lowest BCUT2D eigenvalue weighted by Crippen LogP contribution is -2.37. The number of hydrogen-bond donors (Lipinski definition) is 1. The number of nitrogens with zero attached hydrogens (tertiary/aromatic N) is 2. The van der Waals surface area contributed by atoms with Gasteiger partial charge in [-0.25, -0.2) is 4.79 Å². The first-order valence-electron chi connectivity index (χ1n) is 7.72. The van der Waals surface area contributed by atoms with Gasteiger partial charge in [0.05, 0.1) is 16.2 Å². The summed E-state index contributed by atoms with van der Waals surface area (Å²) in [6.45, 7) is 1.51. The van der Waals surface area contributed by atoms with E-state index in [1.54, 1.807) is 19.0 Å². The van der Waals surface area contributed by atoms with E-state index in [2.05, 4.69) is 5.32 Å². The van der Waals surface area contributed by atoms with Gasteiger partial charge in [0.1, 0.15) is 0 Å². The Morgan fingerprint density at radius 1 is 1.42 bits per heavy atom. The van der Waals surface area contributed by atoms with Crippen LogP contribution in [0.4, 0.5) is 11.4 Å². The second-order valence-corrected chi connectivity index (χ2v) is 6.12. The Hall–Kier alpha value is -2.64. The molecule has 1 fully saturated rings. The van der Waals surface area contributed by atoms with Crippen molar-refractivity contribution in [1.82, 2.24) is 5.32 Å². The third-order valence-corrected chi connectivity index (χ3v) is 3.94. The Kier molecular flexibility index (Phi) is 5.38. The molecule has 1 aliphatic carbocycles. The molecule has 1 N–H and O–H groups in total. The Bertz CT molecular complexity index is 655. The summed E-state index contributed by atoms with van der Waals surface area (Å²) in [6, 6.07) is 4.01. The molecule has 0 saturated heterocycles. The molecule has 1 atom stereocenters. The zero-order valence-corrected chi connectivity index (χ0v) is 13.9. The predicted molar refractivity (Wildman–Crippen MR) is 88.0 cm³/mol. The summed E-state index contributed by atoms with van der Waals surface area (Å²) in [5.41, 5.74) is 0.328. The van der Waals surface area contributed by atoms with E-state index >= 15 is 0 Å². The van der Waals surface area contributed by atoms with Crippen molar-refractivity contribution in [3.63, 3.8) is 0 Å². The summed E-state index contributed by atoms with van der Waals surface area (Å²) in [5.74, 6) is -0.641. The number of non-ortho nitro benzene ring substituents is 1. The third-order valence-electron chi connectivity index (χ3n) is 3.94. The molecule has 1 aromatic carbocycles. The van der Waals surface area contributed by atoms with Crippen molar-refractivity contribution < 1.29 is 19.2 Å². The SMILES string of the molecule is C[C@@H](NC(=O)COC(=O)c1cc([N+](=O)[O-])ccc1N(C)C)C1CC1. The van der Waals surface area contributed by atoms with Gasteiger partial charge in [0.25, 0.3) is 11.6 Å². The fraction of sp³-hybridized carbons (Fsp3) is 0.500. The summed E-state index contributed by atoms with van der Waals surface area (Å²) in [7, 11) is 3.42. The minimum Gasteiger partial charge on any atom is -0.452 e. The van der Waals surface area contributed by atoms with Crippen molar-refractivity contribution in [2.24, 2.45) is 5.92 Å². The molecule has 0 aromatic heterocycles. The van der Waals surface area contributed by atoms with Crippen LogP contribution in [0.2, 0.25) is 0 Å². The number of anilines is 1. The molecule has 24 heavy (non-hydrogen) atoms. The van der Waals surface area contributed by atoms with Crippen molar-refractivity contribution in [3.05, 3.63) is 33.9 Å². The van der Waals surface area contributed by atoms with Gasteiger partial charge in [-0.05, 0) is 31.7 Å². The number of hydrogen-bond acceptors (Lipinski definition) is 6. The van der Waals surface area contributed by atoms with Crippen LogP contribution in [-0.4, -0.2) is 43.5 Å². The minimum absolute atomic E-state index is 0.0530. The van der Waals surface area contributed by atoms with E-state index in [0.717, 1.165) is 18.9 Å². The lowest BCUT2D eigenvalue weighted by atomic mass is 10.1. The highest BCUT2D eigenvalue weighted by molar-refractivity contribution is 5.97. The fourth-order valence-corrected chi connectivity index (χ4v) is 2.41. The zero-order chi connectivity index (χ0) is 17.9. The number of carbonyl (C=O) groups is 2. The molecular formula is C16H21N3O5. The number of carbonyl (C=O) groups excluding carboxylic acids is 2. The van der Waals surface area contributed by atoms with Crippen LogP contribution in [0.25, 0.3) is 0 Å². The van der Waals surface area contributed by atoms with Gasteiger partial charge in [0.15, 0.2) is 6.61 Å². The van der Waals surface area contributed by atoms with Crippen LogP contribution in [-0.2, 0) is 9.53 Å². The van der Waals surface area contributed by atoms with Crippen LogP contribution >= 0.6 is 0 Å². The average Bonchev–Trinajstić information content (AvgIpc) is 3.36. The minimum atomic E-state index is -0.767. The van der Waals surface area contributed by atoms with Crippen molar-refractivity contribution >= 4 is 23.3 Å². The monoisotopic (exact) mass is 335 g/mol. The highest BCUT2D eigenvalue weighted by Gasteiger charge is 2.29. The normalized spacial score (nSPS) is 14.6. The van der Waals surface area contributed by atoms with E-state index in [9.17, 15) is 19.7 Å². The smallest absolute Gasteiger partial charge is 0.341 e. The first kappa shape index (κ1) is 17.7. The Morgan fingerprint density at radius 3 is 2.62 bits per heavy atom. The first-order chi connectivity index (χ1) is 11.3. The summed E-state index contributed by atoms with van der Waals surface area (Å²) in [5, 5.41) is 13.7. The van der Waals surface area contributed by atoms with E-state index in [0.29, 0.717) is 11.6 Å². The highest BCUT2D eigenvalue weighted by atomic mass is 16.6. The number of nitro benzene ring substituents is 1. The molecule has 0 bridgehead atoms. The number of ether oxygens (including phenoxy) is 1. The van der Waals surface area contributed by atoms with Gasteiger partial charge in [0.2, 0.25) is 0 Å². The van der Waals surface area contributed by atoms with E-state index in [1.807, 2.05) is 6.92 Å². The Morgan fingerprint density at radius 2 is 2.08 bits per heavy atom. The van der Waals surface area contributed by atoms with E-state index in [-0.39, 0.29) is 23.2 Å². The number of nitro groups is 1. The summed E-state index contributed by atoms with van der Waals surface area (Å²) >= 11 is 0. The quantitative estimate of drug-likeness (QED) is 0.462. The summed E-state index contributed by atoms with van der Waals surface area (Å²) in [6.07, 6.45) is 2.20. The third kappa shape index (κ3) is 4.43. The fourth-order valence-electron chi connectivity index (χ4n) is 2.41. The van der Waals surface area contributed by atoms with Crippen LogP contribution in [0.5, 0.6) is 0 Å². The van der Waals surface area contributed by atoms with Crippen molar-refractivity contribution in [2.45, 2.75) is 25.8 Å². The number of esters is 1. The maximum Gasteiger partial charge on any atom is 0.341 e. The predicted octanol–water partition coefficient (Wildman–Crippen LogP) is 1.73. The van der Waals surface area contributed by atoms with Gasteiger partial charge in [-0.1, -0.05) is 0 Å². The van der Waals surface area contributed by atoms with Crippen molar-refractivity contribution in [2.75, 3.05) is 25.6 Å². The number of nitrogens with one attached hydrogen (secondary N) is 1. The Labute approximate surface area is 139 Å². The van der Waals surface area contributed by atoms with Gasteiger partial charge in [-0.2, -0.15) is 0 Å². The molecule has 130 valence electrons. The summed E-state index contributed by atoms with van der Waals surface area (Å²) in [4.78, 5) is 36.0. The standard InChI is InChI=1S/C16H21N3O5/c1-10(11-4-5-11)17-15(20)9-24-16(21)13-8-12(19(22)23)6-7-14(13)18(2)3/h6-8,10-11H,4-5,9H2,1-3H3,(H,17,20)/t10-/m1/s1. The van der Waals surface area contributed by atoms with Crippen LogP contribution in [0.1, 0.15) is 30.1 Å². The molecule has 0 heterocycles. The molecule has 2 rings (SSSR count). The van der Waals surface area contributed by atoms with Gasteiger partial charge >= 0.3 is 5.97 Å². The highest BCUT2D eigenvalue weighted by Crippen LogP contribution is 2.32. The van der Waals surface area contributed by atoms with Crippen LogP contribution < -0.4 is 10.2 Å². The number of amides is 1. The van der Waals surface area contributed by atoms with Gasteiger partial charge < -0.3 is 15.0 Å². The lowest BCUT2D eigenvalue weighted by molar-refractivity contribution is -0.384. The molecule has 0 spiro atoms. The zero-order valence-electron chi connectivity index (χ0n) is 13.9. The van der Waals surface area contributed by atoms with Gasteiger partial charge in [-0.3, -0.25) is 14.9 Å². The van der Waals surface area contributed by atoms with Crippen LogP contribution in [0.3, 0.4) is 0 Å². The molecule has 8 nitrogen and oxygen atoms in total. The Balaban J connectivity index is 2.03. The van der Waals surface area contributed by atoms with E-state index in [1.165, 1.54) is 12.1 Å². The lowest BCUT2D eigenvalue weighted by Gasteiger charge is -2.17. The van der Waals surface area contributed by atoms with Gasteiger partial charge in [-0.15, -0.1) is 0 Å². The van der Waals surface area contributed by atoms with Gasteiger partial charge in [0, 0.05) is 32.3 Å². The molecule has 1 amide bonds. The topological polar surface area (TPSA) is 102 Å². The molecular weight excluding hydrogens is 314 g/mol. The second-order valence-electron chi connectivity index (χ2n) is 6.12. The molecule has 0 aliphatic heterocycles.